The van der Waals surface area contributed by atoms with Crippen LogP contribution in [-0.4, -0.2) is 24.7 Å². The number of hydrogen-bond donors (Lipinski definition) is 1. The van der Waals surface area contributed by atoms with E-state index in [0.717, 1.165) is 42.7 Å². The Labute approximate surface area is 133 Å². The van der Waals surface area contributed by atoms with Gasteiger partial charge in [-0.05, 0) is 57.4 Å². The van der Waals surface area contributed by atoms with Crippen LogP contribution in [0.5, 0.6) is 5.75 Å². The molecule has 0 heterocycles. The van der Waals surface area contributed by atoms with Crippen LogP contribution < -0.4 is 10.1 Å². The predicted octanol–water partition coefficient (Wildman–Crippen LogP) is 4.07. The van der Waals surface area contributed by atoms with E-state index in [0.29, 0.717) is 0 Å². The van der Waals surface area contributed by atoms with Gasteiger partial charge in [-0.2, -0.15) is 0 Å². The number of amides is 1. The minimum atomic E-state index is -0.667. The fraction of sp³-hybridized carbons (Fsp3) is 0.611. The number of rotatable bonds is 5. The molecule has 0 bridgehead atoms. The lowest BCUT2D eigenvalue weighted by Gasteiger charge is -2.34. The lowest BCUT2D eigenvalue weighted by atomic mass is 9.84. The molecule has 4 heteroatoms. The van der Waals surface area contributed by atoms with Gasteiger partial charge in [0.05, 0.1) is 6.10 Å². The summed E-state index contributed by atoms with van der Waals surface area (Å²) in [7, 11) is 1.63. The van der Waals surface area contributed by atoms with Gasteiger partial charge in [0.25, 0.3) is 5.91 Å². The van der Waals surface area contributed by atoms with E-state index in [2.05, 4.69) is 5.32 Å². The highest BCUT2D eigenvalue weighted by Gasteiger charge is 2.39. The molecule has 0 spiro atoms. The molecule has 1 fully saturated rings. The van der Waals surface area contributed by atoms with E-state index in [-0.39, 0.29) is 12.0 Å². The Morgan fingerprint density at radius 3 is 2.45 bits per heavy atom. The van der Waals surface area contributed by atoms with Gasteiger partial charge >= 0.3 is 0 Å². The summed E-state index contributed by atoms with van der Waals surface area (Å²) in [6.07, 6.45) is 4.99. The third-order valence-corrected chi connectivity index (χ3v) is 4.26. The number of carbonyl (C=O) groups excluding carboxylic acids is 1. The molecule has 2 rings (SSSR count). The van der Waals surface area contributed by atoms with E-state index in [4.69, 9.17) is 9.47 Å². The van der Waals surface area contributed by atoms with Gasteiger partial charge in [0.2, 0.25) is 0 Å². The van der Waals surface area contributed by atoms with Crippen molar-refractivity contribution in [3.63, 3.8) is 0 Å². The zero-order chi connectivity index (χ0) is 16.2. The summed E-state index contributed by atoms with van der Waals surface area (Å²) in [6, 6.07) is 5.74. The zero-order valence-electron chi connectivity index (χ0n) is 14.1. The van der Waals surface area contributed by atoms with E-state index >= 15 is 0 Å². The van der Waals surface area contributed by atoms with E-state index < -0.39 is 5.60 Å². The Hall–Kier alpha value is -1.55. The van der Waals surface area contributed by atoms with Crippen molar-refractivity contribution in [2.24, 2.45) is 0 Å². The average molecular weight is 305 g/mol. The van der Waals surface area contributed by atoms with Crippen LogP contribution in [0.4, 0.5) is 5.69 Å². The van der Waals surface area contributed by atoms with E-state index in [9.17, 15) is 4.79 Å². The number of methoxy groups -OCH3 is 1. The van der Waals surface area contributed by atoms with Crippen LogP contribution in [0.3, 0.4) is 0 Å². The molecule has 0 atom stereocenters. The van der Waals surface area contributed by atoms with Crippen molar-refractivity contribution in [1.29, 1.82) is 0 Å². The molecule has 1 aliphatic rings. The molecule has 22 heavy (non-hydrogen) atoms. The Balaban J connectivity index is 2.09. The second-order valence-electron chi connectivity index (χ2n) is 6.36. The maximum atomic E-state index is 12.6. The summed E-state index contributed by atoms with van der Waals surface area (Å²) in [5, 5.41) is 3.01. The largest absolute Gasteiger partial charge is 0.491 e. The van der Waals surface area contributed by atoms with Crippen LogP contribution >= 0.6 is 0 Å². The first-order chi connectivity index (χ1) is 10.5. The molecule has 1 saturated carbocycles. The van der Waals surface area contributed by atoms with Gasteiger partial charge in [0, 0.05) is 12.8 Å². The number of carbonyl (C=O) groups is 1. The van der Waals surface area contributed by atoms with Crippen LogP contribution in [-0.2, 0) is 9.53 Å². The fourth-order valence-corrected chi connectivity index (χ4v) is 3.01. The predicted molar refractivity (Wildman–Crippen MR) is 88.4 cm³/mol. The number of benzene rings is 1. The number of nitrogens with one attached hydrogen (secondary N) is 1. The highest BCUT2D eigenvalue weighted by molar-refractivity contribution is 5.97. The number of aryl methyl sites for hydroxylation is 1. The third-order valence-electron chi connectivity index (χ3n) is 4.26. The molecule has 0 saturated heterocycles. The van der Waals surface area contributed by atoms with Crippen molar-refractivity contribution in [3.05, 3.63) is 23.8 Å². The maximum absolute atomic E-state index is 12.6. The van der Waals surface area contributed by atoms with Gasteiger partial charge in [-0.1, -0.05) is 19.3 Å². The van der Waals surface area contributed by atoms with E-state index in [1.165, 1.54) is 6.42 Å². The molecular formula is C18H27NO3. The summed E-state index contributed by atoms with van der Waals surface area (Å²) >= 11 is 0. The van der Waals surface area contributed by atoms with Gasteiger partial charge in [0.1, 0.15) is 11.4 Å². The fourth-order valence-electron chi connectivity index (χ4n) is 3.01. The first-order valence-corrected chi connectivity index (χ1v) is 8.11. The van der Waals surface area contributed by atoms with Crippen molar-refractivity contribution >= 4 is 11.6 Å². The summed E-state index contributed by atoms with van der Waals surface area (Å²) in [5.74, 6) is 0.818. The maximum Gasteiger partial charge on any atom is 0.256 e. The molecule has 1 aromatic carbocycles. The highest BCUT2D eigenvalue weighted by Crippen LogP contribution is 2.32. The second-order valence-corrected chi connectivity index (χ2v) is 6.36. The molecular weight excluding hydrogens is 278 g/mol. The molecule has 0 unspecified atom stereocenters. The highest BCUT2D eigenvalue weighted by atomic mass is 16.5. The van der Waals surface area contributed by atoms with Crippen LogP contribution in [0, 0.1) is 6.92 Å². The van der Waals surface area contributed by atoms with Crippen molar-refractivity contribution in [2.45, 2.75) is 64.6 Å². The molecule has 122 valence electrons. The molecule has 1 amide bonds. The monoisotopic (exact) mass is 305 g/mol. The van der Waals surface area contributed by atoms with Crippen LogP contribution in [0.25, 0.3) is 0 Å². The molecule has 4 nitrogen and oxygen atoms in total. The number of anilines is 1. The van der Waals surface area contributed by atoms with Crippen LogP contribution in [0.2, 0.25) is 0 Å². The molecule has 1 aromatic rings. The second kappa shape index (κ2) is 7.14. The number of hydrogen-bond acceptors (Lipinski definition) is 3. The first-order valence-electron chi connectivity index (χ1n) is 8.11. The normalized spacial score (nSPS) is 17.3. The topological polar surface area (TPSA) is 47.6 Å². The smallest absolute Gasteiger partial charge is 0.256 e. The summed E-state index contributed by atoms with van der Waals surface area (Å²) in [4.78, 5) is 12.6. The Bertz CT molecular complexity index is 519. The first kappa shape index (κ1) is 16.8. The average Bonchev–Trinajstić information content (AvgIpc) is 2.50. The van der Waals surface area contributed by atoms with E-state index in [1.54, 1.807) is 7.11 Å². The zero-order valence-corrected chi connectivity index (χ0v) is 14.1. The van der Waals surface area contributed by atoms with Crippen LogP contribution in [0.15, 0.2) is 18.2 Å². The minimum Gasteiger partial charge on any atom is -0.491 e. The van der Waals surface area contributed by atoms with Crippen LogP contribution in [0.1, 0.15) is 51.5 Å². The summed E-state index contributed by atoms with van der Waals surface area (Å²) in [6.45, 7) is 5.99. The Morgan fingerprint density at radius 2 is 1.91 bits per heavy atom. The quantitative estimate of drug-likeness (QED) is 0.892. The summed E-state index contributed by atoms with van der Waals surface area (Å²) in [5.41, 5.74) is 1.14. The minimum absolute atomic E-state index is 0.0355. The van der Waals surface area contributed by atoms with Gasteiger partial charge in [-0.25, -0.2) is 0 Å². The SMILES string of the molecule is COC1(C(=O)Nc2ccc(OC(C)C)c(C)c2)CCCCC1. The molecule has 0 radical (unpaired) electrons. The molecule has 1 aliphatic carbocycles. The van der Waals surface area contributed by atoms with Crippen molar-refractivity contribution in [1.82, 2.24) is 0 Å². The number of ether oxygens (including phenoxy) is 2. The lowest BCUT2D eigenvalue weighted by molar-refractivity contribution is -0.141. The Kier molecular flexibility index (Phi) is 5.46. The van der Waals surface area contributed by atoms with Gasteiger partial charge in [-0.3, -0.25) is 4.79 Å². The molecule has 0 aromatic heterocycles. The van der Waals surface area contributed by atoms with Crippen molar-refractivity contribution < 1.29 is 14.3 Å². The van der Waals surface area contributed by atoms with Gasteiger partial charge in [-0.15, -0.1) is 0 Å². The summed E-state index contributed by atoms with van der Waals surface area (Å²) < 4.78 is 11.3. The van der Waals surface area contributed by atoms with E-state index in [1.807, 2.05) is 39.0 Å². The van der Waals surface area contributed by atoms with Crippen molar-refractivity contribution in [2.75, 3.05) is 12.4 Å². The Morgan fingerprint density at radius 1 is 1.23 bits per heavy atom. The standard InChI is InChI=1S/C18H27NO3/c1-13(2)22-16-9-8-15(12-14(16)3)19-17(20)18(21-4)10-6-5-7-11-18/h8-9,12-13H,5-7,10-11H2,1-4H3,(H,19,20). The molecule has 1 N–H and O–H groups in total. The lowest BCUT2D eigenvalue weighted by Crippen LogP contribution is -2.46. The van der Waals surface area contributed by atoms with Gasteiger partial charge < -0.3 is 14.8 Å². The third kappa shape index (κ3) is 3.80. The molecule has 0 aliphatic heterocycles. The van der Waals surface area contributed by atoms with Crippen molar-refractivity contribution in [3.8, 4) is 5.75 Å². The van der Waals surface area contributed by atoms with Gasteiger partial charge in [0.15, 0.2) is 0 Å².